The summed E-state index contributed by atoms with van der Waals surface area (Å²) < 4.78 is 27.0. The second kappa shape index (κ2) is 7.53. The number of piperazine rings is 1. The highest BCUT2D eigenvalue weighted by Crippen LogP contribution is 2.23. The maximum Gasteiger partial charge on any atom is 0.263 e. The maximum absolute atomic E-state index is 12.9. The molecule has 0 spiro atoms. The summed E-state index contributed by atoms with van der Waals surface area (Å²) in [6, 6.07) is 6.18. The van der Waals surface area contributed by atoms with Gasteiger partial charge in [-0.15, -0.1) is 0 Å². The molecule has 1 unspecified atom stereocenters. The van der Waals surface area contributed by atoms with E-state index in [0.29, 0.717) is 25.1 Å². The van der Waals surface area contributed by atoms with Gasteiger partial charge >= 0.3 is 0 Å². The minimum atomic E-state index is -3.59. The van der Waals surface area contributed by atoms with Gasteiger partial charge in [-0.05, 0) is 18.6 Å². The number of amidine groups is 1. The highest BCUT2D eigenvalue weighted by atomic mass is 32.2. The van der Waals surface area contributed by atoms with Gasteiger partial charge in [0.1, 0.15) is 11.9 Å². The Bertz CT molecular complexity index is 770. The molecule has 25 heavy (non-hydrogen) atoms. The highest BCUT2D eigenvalue weighted by Gasteiger charge is 2.32. The Balaban J connectivity index is 1.89. The van der Waals surface area contributed by atoms with E-state index in [4.69, 9.17) is 0 Å². The van der Waals surface area contributed by atoms with Gasteiger partial charge in [0, 0.05) is 31.7 Å². The number of amides is 1. The molecule has 0 aromatic heterocycles. The van der Waals surface area contributed by atoms with Gasteiger partial charge < -0.3 is 10.2 Å². The predicted molar refractivity (Wildman–Crippen MR) is 96.1 cm³/mol. The Morgan fingerprint density at radius 3 is 2.72 bits per heavy atom. The predicted octanol–water partition coefficient (Wildman–Crippen LogP) is 0.716. The lowest BCUT2D eigenvalue weighted by molar-refractivity contribution is -0.133. The molecule has 136 valence electrons. The molecule has 2 aliphatic rings. The van der Waals surface area contributed by atoms with Gasteiger partial charge in [-0.3, -0.25) is 14.5 Å². The van der Waals surface area contributed by atoms with Crippen LogP contribution in [0.1, 0.15) is 31.7 Å². The average Bonchev–Trinajstić information content (AvgIpc) is 2.89. The van der Waals surface area contributed by atoms with Crippen LogP contribution in [0, 0.1) is 0 Å². The van der Waals surface area contributed by atoms with E-state index in [0.717, 1.165) is 25.9 Å². The fourth-order valence-corrected chi connectivity index (χ4v) is 4.36. The Labute approximate surface area is 148 Å². The van der Waals surface area contributed by atoms with Crippen LogP contribution in [0.2, 0.25) is 0 Å². The van der Waals surface area contributed by atoms with Gasteiger partial charge in [0.2, 0.25) is 5.91 Å². The number of hydrogen-bond acceptors (Lipinski definition) is 5. The van der Waals surface area contributed by atoms with Gasteiger partial charge in [-0.1, -0.05) is 31.9 Å². The molecule has 1 saturated heterocycles. The number of sulfonamides is 1. The van der Waals surface area contributed by atoms with E-state index in [1.54, 1.807) is 24.3 Å². The van der Waals surface area contributed by atoms with Crippen molar-refractivity contribution >= 4 is 21.8 Å². The Morgan fingerprint density at radius 1 is 1.28 bits per heavy atom. The van der Waals surface area contributed by atoms with E-state index in [9.17, 15) is 13.2 Å². The summed E-state index contributed by atoms with van der Waals surface area (Å²) in [5.41, 5.74) is 0.539. The summed E-state index contributed by atoms with van der Waals surface area (Å²) in [4.78, 5) is 19.5. The molecule has 2 aliphatic heterocycles. The Kier molecular flexibility index (Phi) is 5.39. The fraction of sp³-hybridized carbons (Fsp3) is 0.529. The van der Waals surface area contributed by atoms with Crippen LogP contribution in [0.3, 0.4) is 0 Å². The second-order valence-corrected chi connectivity index (χ2v) is 7.96. The van der Waals surface area contributed by atoms with Crippen molar-refractivity contribution in [2.45, 2.75) is 37.1 Å². The zero-order valence-corrected chi connectivity index (χ0v) is 15.2. The topological polar surface area (TPSA) is 90.9 Å². The number of nitrogens with one attached hydrogen (secondary N) is 2. The van der Waals surface area contributed by atoms with Crippen LogP contribution in [-0.4, -0.2) is 57.3 Å². The molecular weight excluding hydrogens is 340 g/mol. The molecule has 8 heteroatoms. The third kappa shape index (κ3) is 3.85. The molecule has 3 rings (SSSR count). The minimum Gasteiger partial charge on any atom is -0.338 e. The van der Waals surface area contributed by atoms with Crippen LogP contribution in [0.25, 0.3) is 0 Å². The molecule has 1 fully saturated rings. The number of aliphatic imine (C=N–C) groups is 1. The normalized spacial score (nSPS) is 21.6. The van der Waals surface area contributed by atoms with E-state index in [1.807, 2.05) is 4.90 Å². The third-order valence-corrected chi connectivity index (χ3v) is 5.89. The SMILES string of the molecule is CCCCC(N=C1NS(=O)(=O)c2ccccc21)C(=O)N1CCNCC1. The lowest BCUT2D eigenvalue weighted by Crippen LogP contribution is -2.49. The van der Waals surface area contributed by atoms with Crippen LogP contribution < -0.4 is 10.0 Å². The fourth-order valence-electron chi connectivity index (χ4n) is 3.12. The molecule has 0 saturated carbocycles. The summed E-state index contributed by atoms with van der Waals surface area (Å²) in [7, 11) is -3.59. The summed E-state index contributed by atoms with van der Waals surface area (Å²) in [5, 5.41) is 3.23. The number of benzene rings is 1. The van der Waals surface area contributed by atoms with E-state index in [1.165, 1.54) is 0 Å². The zero-order chi connectivity index (χ0) is 17.9. The molecule has 0 aliphatic carbocycles. The summed E-state index contributed by atoms with van der Waals surface area (Å²) in [6.45, 7) is 4.94. The lowest BCUT2D eigenvalue weighted by atomic mass is 10.1. The number of unbranched alkanes of at least 4 members (excludes halogenated alkanes) is 1. The lowest BCUT2D eigenvalue weighted by Gasteiger charge is -2.29. The molecule has 7 nitrogen and oxygen atoms in total. The molecule has 2 heterocycles. The number of fused-ring (bicyclic) bond motifs is 1. The number of hydrogen-bond donors (Lipinski definition) is 2. The first-order valence-corrected chi connectivity index (χ1v) is 10.2. The van der Waals surface area contributed by atoms with Crippen molar-refractivity contribution in [3.05, 3.63) is 29.8 Å². The van der Waals surface area contributed by atoms with Crippen molar-refractivity contribution < 1.29 is 13.2 Å². The van der Waals surface area contributed by atoms with Gasteiger partial charge in [0.05, 0.1) is 4.90 Å². The highest BCUT2D eigenvalue weighted by molar-refractivity contribution is 7.90. The largest absolute Gasteiger partial charge is 0.338 e. The number of nitrogens with zero attached hydrogens (tertiary/aromatic N) is 2. The molecule has 2 N–H and O–H groups in total. The zero-order valence-electron chi connectivity index (χ0n) is 14.4. The van der Waals surface area contributed by atoms with Gasteiger partial charge in [-0.25, -0.2) is 8.42 Å². The monoisotopic (exact) mass is 364 g/mol. The Morgan fingerprint density at radius 2 is 2.00 bits per heavy atom. The average molecular weight is 364 g/mol. The molecule has 1 aromatic rings. The first-order valence-electron chi connectivity index (χ1n) is 8.72. The number of rotatable bonds is 5. The van der Waals surface area contributed by atoms with Gasteiger partial charge in [0.25, 0.3) is 10.0 Å². The molecule has 1 amide bonds. The maximum atomic E-state index is 12.9. The Hall–Kier alpha value is -1.93. The molecule has 1 aromatic carbocycles. The number of carbonyl (C=O) groups excluding carboxylic acids is 1. The molecule has 0 bridgehead atoms. The minimum absolute atomic E-state index is 0.0222. The van der Waals surface area contributed by atoms with Crippen molar-refractivity contribution in [2.24, 2.45) is 4.99 Å². The number of carbonyl (C=O) groups is 1. The van der Waals surface area contributed by atoms with Crippen LogP contribution in [-0.2, 0) is 14.8 Å². The second-order valence-electron chi connectivity index (χ2n) is 6.31. The van der Waals surface area contributed by atoms with Crippen molar-refractivity contribution in [3.63, 3.8) is 0 Å². The van der Waals surface area contributed by atoms with E-state index < -0.39 is 16.1 Å². The first-order chi connectivity index (χ1) is 12.0. The molecule has 1 atom stereocenters. The van der Waals surface area contributed by atoms with Gasteiger partial charge in [0.15, 0.2) is 0 Å². The van der Waals surface area contributed by atoms with Crippen molar-refractivity contribution in [2.75, 3.05) is 26.2 Å². The summed E-state index contributed by atoms with van der Waals surface area (Å²) in [6.07, 6.45) is 2.44. The van der Waals surface area contributed by atoms with E-state index in [-0.39, 0.29) is 16.6 Å². The van der Waals surface area contributed by atoms with Crippen molar-refractivity contribution in [1.82, 2.24) is 14.9 Å². The molecular formula is C17H24N4O3S. The van der Waals surface area contributed by atoms with E-state index >= 15 is 0 Å². The van der Waals surface area contributed by atoms with Crippen LogP contribution in [0.4, 0.5) is 0 Å². The summed E-state index contributed by atoms with van der Waals surface area (Å²) in [5.74, 6) is 0.256. The van der Waals surface area contributed by atoms with E-state index in [2.05, 4.69) is 22.0 Å². The molecule has 0 radical (unpaired) electrons. The van der Waals surface area contributed by atoms with Crippen molar-refractivity contribution in [3.8, 4) is 0 Å². The summed E-state index contributed by atoms with van der Waals surface area (Å²) >= 11 is 0. The third-order valence-electron chi connectivity index (χ3n) is 4.49. The van der Waals surface area contributed by atoms with Crippen LogP contribution in [0.5, 0.6) is 0 Å². The van der Waals surface area contributed by atoms with Gasteiger partial charge in [-0.2, -0.15) is 0 Å². The van der Waals surface area contributed by atoms with Crippen molar-refractivity contribution in [1.29, 1.82) is 0 Å². The quantitative estimate of drug-likeness (QED) is 0.805. The van der Waals surface area contributed by atoms with Crippen LogP contribution >= 0.6 is 0 Å². The first kappa shape index (κ1) is 17.9. The smallest absolute Gasteiger partial charge is 0.263 e. The van der Waals surface area contributed by atoms with Crippen LogP contribution in [0.15, 0.2) is 34.2 Å². The standard InChI is InChI=1S/C17H24N4O3S/c1-2-3-7-14(17(22)21-11-9-18-10-12-21)19-16-13-6-4-5-8-15(13)25(23,24)20-16/h4-6,8,14,18H,2-3,7,9-12H2,1H3,(H,19,20).